The molecule has 0 saturated carbocycles. The SMILES string of the molecule is CCCN(C)C(=O)c1ccc(NCC)nc1. The average Bonchev–Trinajstić information content (AvgIpc) is 2.30. The van der Waals surface area contributed by atoms with Crippen LogP contribution >= 0.6 is 0 Å². The number of hydrogen-bond donors (Lipinski definition) is 1. The lowest BCUT2D eigenvalue weighted by atomic mass is 10.2. The number of carbonyl (C=O) groups is 1. The van der Waals surface area contributed by atoms with Gasteiger partial charge in [-0.2, -0.15) is 0 Å². The molecule has 0 radical (unpaired) electrons. The van der Waals surface area contributed by atoms with Crippen LogP contribution in [0.3, 0.4) is 0 Å². The van der Waals surface area contributed by atoms with Gasteiger partial charge in [0.15, 0.2) is 0 Å². The lowest BCUT2D eigenvalue weighted by molar-refractivity contribution is 0.0795. The van der Waals surface area contributed by atoms with Gasteiger partial charge in [-0.3, -0.25) is 4.79 Å². The monoisotopic (exact) mass is 221 g/mol. The molecule has 1 heterocycles. The third-order valence-corrected chi connectivity index (χ3v) is 2.27. The Morgan fingerprint density at radius 3 is 2.69 bits per heavy atom. The number of rotatable bonds is 5. The van der Waals surface area contributed by atoms with Crippen molar-refractivity contribution in [3.63, 3.8) is 0 Å². The van der Waals surface area contributed by atoms with Crippen LogP contribution < -0.4 is 5.32 Å². The molecule has 0 unspecified atom stereocenters. The van der Waals surface area contributed by atoms with Crippen molar-refractivity contribution in [3.05, 3.63) is 23.9 Å². The summed E-state index contributed by atoms with van der Waals surface area (Å²) < 4.78 is 0. The molecule has 0 aromatic carbocycles. The second-order valence-electron chi connectivity index (χ2n) is 3.69. The molecule has 0 aliphatic rings. The van der Waals surface area contributed by atoms with Gasteiger partial charge in [0, 0.05) is 26.3 Å². The van der Waals surface area contributed by atoms with Crippen molar-refractivity contribution in [3.8, 4) is 0 Å². The van der Waals surface area contributed by atoms with E-state index >= 15 is 0 Å². The lowest BCUT2D eigenvalue weighted by Gasteiger charge is -2.15. The van der Waals surface area contributed by atoms with Gasteiger partial charge in [0.25, 0.3) is 5.91 Å². The molecule has 0 spiro atoms. The summed E-state index contributed by atoms with van der Waals surface area (Å²) in [6, 6.07) is 3.63. The summed E-state index contributed by atoms with van der Waals surface area (Å²) in [5.41, 5.74) is 0.637. The number of hydrogen-bond acceptors (Lipinski definition) is 3. The normalized spacial score (nSPS) is 9.94. The Hall–Kier alpha value is -1.58. The van der Waals surface area contributed by atoms with Crippen LogP contribution in [0.5, 0.6) is 0 Å². The van der Waals surface area contributed by atoms with E-state index in [-0.39, 0.29) is 5.91 Å². The van der Waals surface area contributed by atoms with Gasteiger partial charge in [0.2, 0.25) is 0 Å². The van der Waals surface area contributed by atoms with Gasteiger partial charge in [-0.05, 0) is 25.5 Å². The molecule has 0 saturated heterocycles. The van der Waals surface area contributed by atoms with Gasteiger partial charge < -0.3 is 10.2 Å². The molecule has 16 heavy (non-hydrogen) atoms. The van der Waals surface area contributed by atoms with Gasteiger partial charge in [0.05, 0.1) is 5.56 Å². The zero-order valence-corrected chi connectivity index (χ0v) is 10.2. The van der Waals surface area contributed by atoms with E-state index in [2.05, 4.69) is 17.2 Å². The highest BCUT2D eigenvalue weighted by Gasteiger charge is 2.10. The first-order valence-corrected chi connectivity index (χ1v) is 5.64. The van der Waals surface area contributed by atoms with Gasteiger partial charge in [-0.15, -0.1) is 0 Å². The quantitative estimate of drug-likeness (QED) is 0.827. The molecule has 1 amide bonds. The van der Waals surface area contributed by atoms with E-state index in [1.807, 2.05) is 20.0 Å². The minimum Gasteiger partial charge on any atom is -0.370 e. The summed E-state index contributed by atoms with van der Waals surface area (Å²) in [5.74, 6) is 0.828. The second-order valence-corrected chi connectivity index (χ2v) is 3.69. The fourth-order valence-electron chi connectivity index (χ4n) is 1.46. The van der Waals surface area contributed by atoms with Crippen molar-refractivity contribution in [2.24, 2.45) is 0 Å². The molecule has 0 aliphatic carbocycles. The fourth-order valence-corrected chi connectivity index (χ4v) is 1.46. The van der Waals surface area contributed by atoms with Crippen LogP contribution in [0, 0.1) is 0 Å². The number of nitrogens with one attached hydrogen (secondary N) is 1. The molecule has 1 aromatic heterocycles. The van der Waals surface area contributed by atoms with Gasteiger partial charge in [-0.1, -0.05) is 6.92 Å². The molecular weight excluding hydrogens is 202 g/mol. The maximum absolute atomic E-state index is 11.9. The van der Waals surface area contributed by atoms with Crippen molar-refractivity contribution in [2.45, 2.75) is 20.3 Å². The maximum Gasteiger partial charge on any atom is 0.255 e. The summed E-state index contributed by atoms with van der Waals surface area (Å²) in [5, 5.41) is 3.09. The van der Waals surface area contributed by atoms with Crippen molar-refractivity contribution in [2.75, 3.05) is 25.5 Å². The number of carbonyl (C=O) groups excluding carboxylic acids is 1. The molecular formula is C12H19N3O. The summed E-state index contributed by atoms with van der Waals surface area (Å²) in [7, 11) is 1.81. The summed E-state index contributed by atoms with van der Waals surface area (Å²) in [6.45, 7) is 5.66. The zero-order chi connectivity index (χ0) is 12.0. The Balaban J connectivity index is 2.69. The Bertz CT molecular complexity index is 335. The predicted octanol–water partition coefficient (Wildman–Crippen LogP) is 2.00. The van der Waals surface area contributed by atoms with E-state index in [1.54, 1.807) is 17.2 Å². The van der Waals surface area contributed by atoms with E-state index in [1.165, 1.54) is 0 Å². The van der Waals surface area contributed by atoms with Crippen LogP contribution in [0.2, 0.25) is 0 Å². The number of nitrogens with zero attached hydrogens (tertiary/aromatic N) is 2. The zero-order valence-electron chi connectivity index (χ0n) is 10.2. The molecule has 88 valence electrons. The Kier molecular flexibility index (Phi) is 4.76. The van der Waals surface area contributed by atoms with Crippen LogP contribution in [0.15, 0.2) is 18.3 Å². The third kappa shape index (κ3) is 3.22. The van der Waals surface area contributed by atoms with E-state index in [0.29, 0.717) is 5.56 Å². The van der Waals surface area contributed by atoms with E-state index < -0.39 is 0 Å². The molecule has 0 atom stereocenters. The molecule has 4 nitrogen and oxygen atoms in total. The number of anilines is 1. The minimum atomic E-state index is 0.0254. The second kappa shape index (κ2) is 6.10. The van der Waals surface area contributed by atoms with E-state index in [9.17, 15) is 4.79 Å². The number of pyridine rings is 1. The van der Waals surface area contributed by atoms with Gasteiger partial charge >= 0.3 is 0 Å². The number of aromatic nitrogens is 1. The highest BCUT2D eigenvalue weighted by molar-refractivity contribution is 5.93. The average molecular weight is 221 g/mol. The topological polar surface area (TPSA) is 45.2 Å². The van der Waals surface area contributed by atoms with Crippen molar-refractivity contribution in [1.82, 2.24) is 9.88 Å². The molecule has 0 bridgehead atoms. The first-order valence-electron chi connectivity index (χ1n) is 5.64. The Labute approximate surface area is 96.7 Å². The molecule has 0 aliphatic heterocycles. The van der Waals surface area contributed by atoms with E-state index in [4.69, 9.17) is 0 Å². The first-order chi connectivity index (χ1) is 7.69. The van der Waals surface area contributed by atoms with Crippen LogP contribution in [0.25, 0.3) is 0 Å². The Morgan fingerprint density at radius 2 is 2.19 bits per heavy atom. The van der Waals surface area contributed by atoms with Crippen LogP contribution in [-0.4, -0.2) is 35.9 Å². The van der Waals surface area contributed by atoms with Gasteiger partial charge in [-0.25, -0.2) is 4.98 Å². The highest BCUT2D eigenvalue weighted by Crippen LogP contribution is 2.07. The van der Waals surface area contributed by atoms with Crippen LogP contribution in [0.4, 0.5) is 5.82 Å². The molecule has 1 N–H and O–H groups in total. The van der Waals surface area contributed by atoms with Crippen molar-refractivity contribution < 1.29 is 4.79 Å². The van der Waals surface area contributed by atoms with Crippen LogP contribution in [0.1, 0.15) is 30.6 Å². The van der Waals surface area contributed by atoms with E-state index in [0.717, 1.165) is 25.3 Å². The summed E-state index contributed by atoms with van der Waals surface area (Å²) in [6.07, 6.45) is 2.58. The minimum absolute atomic E-state index is 0.0254. The molecule has 0 fully saturated rings. The largest absolute Gasteiger partial charge is 0.370 e. The lowest BCUT2D eigenvalue weighted by Crippen LogP contribution is -2.27. The van der Waals surface area contributed by atoms with Crippen LogP contribution in [-0.2, 0) is 0 Å². The summed E-state index contributed by atoms with van der Waals surface area (Å²) >= 11 is 0. The first kappa shape index (κ1) is 12.5. The third-order valence-electron chi connectivity index (χ3n) is 2.27. The standard InChI is InChI=1S/C12H19N3O/c1-4-8-15(3)12(16)10-6-7-11(13-5-2)14-9-10/h6-7,9H,4-5,8H2,1-3H3,(H,13,14). The number of amides is 1. The summed E-state index contributed by atoms with van der Waals surface area (Å²) in [4.78, 5) is 17.8. The fraction of sp³-hybridized carbons (Fsp3) is 0.500. The predicted molar refractivity (Wildman–Crippen MR) is 65.7 cm³/mol. The maximum atomic E-state index is 11.9. The van der Waals surface area contributed by atoms with Crippen molar-refractivity contribution >= 4 is 11.7 Å². The molecule has 4 heteroatoms. The smallest absolute Gasteiger partial charge is 0.255 e. The highest BCUT2D eigenvalue weighted by atomic mass is 16.2. The molecule has 1 aromatic rings. The Morgan fingerprint density at radius 1 is 1.44 bits per heavy atom. The van der Waals surface area contributed by atoms with Gasteiger partial charge in [0.1, 0.15) is 5.82 Å². The van der Waals surface area contributed by atoms with Crippen molar-refractivity contribution in [1.29, 1.82) is 0 Å². The molecule has 1 rings (SSSR count).